The van der Waals surface area contributed by atoms with Crippen LogP contribution in [0, 0.1) is 5.82 Å². The Morgan fingerprint density at radius 1 is 1.10 bits per heavy atom. The van der Waals surface area contributed by atoms with Crippen molar-refractivity contribution in [3.05, 3.63) is 58.9 Å². The van der Waals surface area contributed by atoms with Crippen molar-refractivity contribution in [3.63, 3.8) is 0 Å². The van der Waals surface area contributed by atoms with Gasteiger partial charge in [-0.25, -0.2) is 4.39 Å². The second-order valence-corrected chi connectivity index (χ2v) is 5.49. The topological polar surface area (TPSA) is 30.5 Å². The summed E-state index contributed by atoms with van der Waals surface area (Å²) in [6.07, 6.45) is 1.83. The molecule has 1 unspecified atom stereocenters. The molecule has 0 aliphatic carbocycles. The van der Waals surface area contributed by atoms with Gasteiger partial charge in [0.1, 0.15) is 5.82 Å². The van der Waals surface area contributed by atoms with Gasteiger partial charge in [0.15, 0.2) is 11.5 Å². The van der Waals surface area contributed by atoms with Gasteiger partial charge in [0.2, 0.25) is 6.79 Å². The van der Waals surface area contributed by atoms with E-state index in [1.54, 1.807) is 0 Å². The van der Waals surface area contributed by atoms with Crippen LogP contribution in [0.15, 0.2) is 36.4 Å². The van der Waals surface area contributed by atoms with Crippen LogP contribution in [-0.4, -0.2) is 13.3 Å². The van der Waals surface area contributed by atoms with E-state index >= 15 is 0 Å². The summed E-state index contributed by atoms with van der Waals surface area (Å²) in [7, 11) is 0. The number of fused-ring (bicyclic) bond motifs is 2. The van der Waals surface area contributed by atoms with Crippen LogP contribution in [0.1, 0.15) is 22.7 Å². The molecule has 2 aliphatic rings. The number of halogens is 1. The molecule has 0 aromatic heterocycles. The van der Waals surface area contributed by atoms with Gasteiger partial charge in [-0.15, -0.1) is 0 Å². The lowest BCUT2D eigenvalue weighted by molar-refractivity contribution is 0.174. The summed E-state index contributed by atoms with van der Waals surface area (Å²) in [5.74, 6) is 1.47. The molecule has 0 saturated heterocycles. The quantitative estimate of drug-likeness (QED) is 0.920. The lowest BCUT2D eigenvalue weighted by Gasteiger charge is -2.27. The van der Waals surface area contributed by atoms with E-state index in [9.17, 15) is 4.39 Å². The van der Waals surface area contributed by atoms with Crippen LogP contribution >= 0.6 is 0 Å². The first-order valence-electron chi connectivity index (χ1n) is 7.20. The van der Waals surface area contributed by atoms with Gasteiger partial charge in [0.25, 0.3) is 0 Å². The molecule has 0 bridgehead atoms. The highest BCUT2D eigenvalue weighted by molar-refractivity contribution is 5.50. The van der Waals surface area contributed by atoms with E-state index in [0.29, 0.717) is 6.79 Å². The standard InChI is InChI=1S/C17H16FNO2/c18-13-3-1-11(2-4-13)7-15-14-9-17-16(20-10-21-17)8-12(14)5-6-19-15/h1-4,8-9,15,19H,5-7,10H2. The minimum absolute atomic E-state index is 0.195. The highest BCUT2D eigenvalue weighted by Gasteiger charge is 2.24. The molecular weight excluding hydrogens is 269 g/mol. The molecule has 3 nitrogen and oxygen atoms in total. The summed E-state index contributed by atoms with van der Waals surface area (Å²) in [6.45, 7) is 1.24. The summed E-state index contributed by atoms with van der Waals surface area (Å²) in [5.41, 5.74) is 3.69. The fourth-order valence-electron chi connectivity index (χ4n) is 3.07. The fourth-order valence-corrected chi connectivity index (χ4v) is 3.07. The Morgan fingerprint density at radius 3 is 2.67 bits per heavy atom. The zero-order valence-electron chi connectivity index (χ0n) is 11.6. The second kappa shape index (κ2) is 5.04. The molecule has 2 heterocycles. The van der Waals surface area contributed by atoms with Crippen molar-refractivity contribution in [1.82, 2.24) is 5.32 Å². The Bertz CT molecular complexity index is 669. The molecule has 1 N–H and O–H groups in total. The zero-order valence-corrected chi connectivity index (χ0v) is 11.6. The minimum Gasteiger partial charge on any atom is -0.454 e. The number of hydrogen-bond acceptors (Lipinski definition) is 3. The Hall–Kier alpha value is -2.07. The number of ether oxygens (including phenoxy) is 2. The van der Waals surface area contributed by atoms with Crippen molar-refractivity contribution in [2.45, 2.75) is 18.9 Å². The third-order valence-electron chi connectivity index (χ3n) is 4.15. The minimum atomic E-state index is -0.195. The van der Waals surface area contributed by atoms with E-state index in [1.807, 2.05) is 12.1 Å². The Kier molecular flexibility index (Phi) is 3.04. The highest BCUT2D eigenvalue weighted by Crippen LogP contribution is 2.38. The molecule has 2 aromatic rings. The maximum Gasteiger partial charge on any atom is 0.231 e. The van der Waals surface area contributed by atoms with Gasteiger partial charge in [0, 0.05) is 6.04 Å². The normalized spacial score (nSPS) is 19.4. The summed E-state index contributed by atoms with van der Waals surface area (Å²) in [5, 5.41) is 3.54. The van der Waals surface area contributed by atoms with Gasteiger partial charge in [0.05, 0.1) is 0 Å². The maximum absolute atomic E-state index is 13.0. The lowest BCUT2D eigenvalue weighted by Crippen LogP contribution is -2.31. The number of rotatable bonds is 2. The number of hydrogen-bond donors (Lipinski definition) is 1. The smallest absolute Gasteiger partial charge is 0.231 e. The molecule has 4 rings (SSSR count). The van der Waals surface area contributed by atoms with Crippen molar-refractivity contribution in [2.75, 3.05) is 13.3 Å². The molecule has 21 heavy (non-hydrogen) atoms. The van der Waals surface area contributed by atoms with E-state index in [-0.39, 0.29) is 11.9 Å². The summed E-state index contributed by atoms with van der Waals surface area (Å²) < 4.78 is 23.9. The first-order valence-corrected chi connectivity index (χ1v) is 7.20. The number of nitrogens with one attached hydrogen (secondary N) is 1. The first-order chi connectivity index (χ1) is 10.3. The maximum atomic E-state index is 13.0. The van der Waals surface area contributed by atoms with Crippen LogP contribution in [0.4, 0.5) is 4.39 Å². The van der Waals surface area contributed by atoms with Crippen LogP contribution in [0.2, 0.25) is 0 Å². The number of benzene rings is 2. The molecule has 2 aliphatic heterocycles. The van der Waals surface area contributed by atoms with Gasteiger partial charge in [-0.05, 0) is 60.3 Å². The van der Waals surface area contributed by atoms with Crippen molar-refractivity contribution >= 4 is 0 Å². The van der Waals surface area contributed by atoms with E-state index in [1.165, 1.54) is 23.3 Å². The molecule has 2 aromatic carbocycles. The van der Waals surface area contributed by atoms with Crippen LogP contribution in [0.3, 0.4) is 0 Å². The third-order valence-corrected chi connectivity index (χ3v) is 4.15. The fraction of sp³-hybridized carbons (Fsp3) is 0.294. The summed E-state index contributed by atoms with van der Waals surface area (Å²) in [6, 6.07) is 11.1. The van der Waals surface area contributed by atoms with Crippen molar-refractivity contribution in [1.29, 1.82) is 0 Å². The monoisotopic (exact) mass is 285 g/mol. The SMILES string of the molecule is Fc1ccc(CC2NCCc3cc4c(cc32)OCO4)cc1. The molecule has 0 amide bonds. The summed E-state index contributed by atoms with van der Waals surface area (Å²) >= 11 is 0. The molecular formula is C17H16FNO2. The molecule has 1 atom stereocenters. The molecule has 0 saturated carbocycles. The van der Waals surface area contributed by atoms with E-state index < -0.39 is 0 Å². The van der Waals surface area contributed by atoms with E-state index in [0.717, 1.165) is 36.4 Å². The second-order valence-electron chi connectivity index (χ2n) is 5.49. The lowest BCUT2D eigenvalue weighted by atomic mass is 9.90. The van der Waals surface area contributed by atoms with Crippen LogP contribution in [-0.2, 0) is 12.8 Å². The molecule has 108 valence electrons. The first kappa shape index (κ1) is 12.7. The van der Waals surface area contributed by atoms with Gasteiger partial charge >= 0.3 is 0 Å². The van der Waals surface area contributed by atoms with Crippen molar-refractivity contribution in [3.8, 4) is 11.5 Å². The molecule has 0 fully saturated rings. The largest absolute Gasteiger partial charge is 0.454 e. The Labute approximate surface area is 122 Å². The van der Waals surface area contributed by atoms with Crippen LogP contribution < -0.4 is 14.8 Å². The Morgan fingerprint density at radius 2 is 1.86 bits per heavy atom. The molecule has 0 spiro atoms. The van der Waals surface area contributed by atoms with Gasteiger partial charge in [-0.3, -0.25) is 0 Å². The molecule has 0 radical (unpaired) electrons. The molecule has 4 heteroatoms. The van der Waals surface area contributed by atoms with Crippen LogP contribution in [0.5, 0.6) is 11.5 Å². The average Bonchev–Trinajstić information content (AvgIpc) is 2.95. The predicted molar refractivity (Wildman–Crippen MR) is 77.1 cm³/mol. The average molecular weight is 285 g/mol. The van der Waals surface area contributed by atoms with Gasteiger partial charge in [-0.1, -0.05) is 12.1 Å². The Balaban J connectivity index is 1.65. The van der Waals surface area contributed by atoms with E-state index in [4.69, 9.17) is 9.47 Å². The van der Waals surface area contributed by atoms with Crippen molar-refractivity contribution in [2.24, 2.45) is 0 Å². The zero-order chi connectivity index (χ0) is 14.2. The third kappa shape index (κ3) is 2.36. The van der Waals surface area contributed by atoms with Crippen molar-refractivity contribution < 1.29 is 13.9 Å². The summed E-state index contributed by atoms with van der Waals surface area (Å²) in [4.78, 5) is 0. The van der Waals surface area contributed by atoms with Gasteiger partial charge < -0.3 is 14.8 Å². The van der Waals surface area contributed by atoms with Gasteiger partial charge in [-0.2, -0.15) is 0 Å². The van der Waals surface area contributed by atoms with Crippen LogP contribution in [0.25, 0.3) is 0 Å². The van der Waals surface area contributed by atoms with E-state index in [2.05, 4.69) is 17.4 Å². The highest BCUT2D eigenvalue weighted by atomic mass is 19.1. The predicted octanol–water partition coefficient (Wildman–Crippen LogP) is 2.98.